The second-order valence-electron chi connectivity index (χ2n) is 6.34. The quantitative estimate of drug-likeness (QED) is 0.888. The number of alkyl carbamates (subject to hydrolysis) is 1. The van der Waals surface area contributed by atoms with Gasteiger partial charge in [-0.15, -0.1) is 0 Å². The number of hydrogen-bond donors (Lipinski definition) is 2. The van der Waals surface area contributed by atoms with Gasteiger partial charge in [0.25, 0.3) is 0 Å². The monoisotopic (exact) mass is 276 g/mol. The minimum absolute atomic E-state index is 0.343. The van der Waals surface area contributed by atoms with Crippen LogP contribution >= 0.6 is 0 Å². The summed E-state index contributed by atoms with van der Waals surface area (Å²) in [4.78, 5) is 11.6. The molecule has 0 bridgehead atoms. The smallest absolute Gasteiger partial charge is 0.407 e. The number of amides is 1. The van der Waals surface area contributed by atoms with Crippen LogP contribution in [0.3, 0.4) is 0 Å². The first kappa shape index (κ1) is 14.7. The normalized spacial score (nSPS) is 21.0. The molecule has 1 aliphatic rings. The molecule has 4 heteroatoms. The van der Waals surface area contributed by atoms with Crippen LogP contribution in [0.2, 0.25) is 0 Å². The van der Waals surface area contributed by atoms with Crippen LogP contribution in [0.1, 0.15) is 45.6 Å². The zero-order valence-electron chi connectivity index (χ0n) is 12.7. The zero-order valence-corrected chi connectivity index (χ0v) is 12.7. The fourth-order valence-electron chi connectivity index (χ4n) is 2.62. The predicted molar refractivity (Wildman–Crippen MR) is 81.1 cm³/mol. The van der Waals surface area contributed by atoms with Gasteiger partial charge in [0, 0.05) is 24.2 Å². The van der Waals surface area contributed by atoms with Gasteiger partial charge in [0.1, 0.15) is 5.60 Å². The molecule has 1 aromatic carbocycles. The average molecular weight is 276 g/mol. The third-order valence-corrected chi connectivity index (χ3v) is 3.47. The molecule has 1 amide bonds. The van der Waals surface area contributed by atoms with E-state index < -0.39 is 5.60 Å². The number of hydrogen-bond acceptors (Lipinski definition) is 3. The van der Waals surface area contributed by atoms with Crippen molar-refractivity contribution in [3.05, 3.63) is 29.8 Å². The number of para-hydroxylation sites is 1. The van der Waals surface area contributed by atoms with Gasteiger partial charge in [-0.2, -0.15) is 0 Å². The fraction of sp³-hybridized carbons (Fsp3) is 0.562. The standard InChI is InChI=1S/C16H24N2O2/c1-11-12(13-7-5-6-8-14(13)18-11)9-10-17-15(19)20-16(2,3)4/h5-8,11-12,18H,9-10H2,1-4H3,(H,17,19)/t11-,12+/m1/s1. The highest BCUT2D eigenvalue weighted by molar-refractivity contribution is 5.67. The molecule has 0 fully saturated rings. The van der Waals surface area contributed by atoms with E-state index in [-0.39, 0.29) is 6.09 Å². The highest BCUT2D eigenvalue weighted by atomic mass is 16.6. The van der Waals surface area contributed by atoms with Gasteiger partial charge in [0.2, 0.25) is 0 Å². The summed E-state index contributed by atoms with van der Waals surface area (Å²) in [5.41, 5.74) is 2.10. The topological polar surface area (TPSA) is 50.4 Å². The van der Waals surface area contributed by atoms with E-state index >= 15 is 0 Å². The van der Waals surface area contributed by atoms with Crippen molar-refractivity contribution in [1.82, 2.24) is 5.32 Å². The van der Waals surface area contributed by atoms with Crippen molar-refractivity contribution in [3.63, 3.8) is 0 Å². The Kier molecular flexibility index (Phi) is 4.21. The van der Waals surface area contributed by atoms with Gasteiger partial charge in [0.05, 0.1) is 0 Å². The molecule has 0 spiro atoms. The van der Waals surface area contributed by atoms with Crippen LogP contribution in [-0.2, 0) is 4.74 Å². The average Bonchev–Trinajstić information content (AvgIpc) is 2.64. The number of benzene rings is 1. The molecule has 0 unspecified atom stereocenters. The number of carbonyl (C=O) groups is 1. The molecule has 0 saturated heterocycles. The van der Waals surface area contributed by atoms with Crippen LogP contribution in [0.5, 0.6) is 0 Å². The van der Waals surface area contributed by atoms with Crippen LogP contribution in [0, 0.1) is 0 Å². The van der Waals surface area contributed by atoms with Crippen LogP contribution in [0.15, 0.2) is 24.3 Å². The molecule has 1 heterocycles. The van der Waals surface area contributed by atoms with Gasteiger partial charge in [-0.3, -0.25) is 0 Å². The maximum absolute atomic E-state index is 11.6. The Morgan fingerprint density at radius 1 is 1.35 bits per heavy atom. The van der Waals surface area contributed by atoms with Crippen molar-refractivity contribution in [2.24, 2.45) is 0 Å². The van der Waals surface area contributed by atoms with Crippen molar-refractivity contribution >= 4 is 11.8 Å². The lowest BCUT2D eigenvalue weighted by Gasteiger charge is -2.21. The lowest BCUT2D eigenvalue weighted by molar-refractivity contribution is 0.0526. The molecule has 4 nitrogen and oxygen atoms in total. The lowest BCUT2D eigenvalue weighted by atomic mass is 9.93. The van der Waals surface area contributed by atoms with Crippen molar-refractivity contribution < 1.29 is 9.53 Å². The van der Waals surface area contributed by atoms with E-state index in [1.807, 2.05) is 26.8 Å². The number of ether oxygens (including phenoxy) is 1. The van der Waals surface area contributed by atoms with Crippen molar-refractivity contribution in [3.8, 4) is 0 Å². The molecule has 0 saturated carbocycles. The van der Waals surface area contributed by atoms with Crippen molar-refractivity contribution in [1.29, 1.82) is 0 Å². The van der Waals surface area contributed by atoms with E-state index in [2.05, 4.69) is 35.8 Å². The highest BCUT2D eigenvalue weighted by Gasteiger charge is 2.28. The molecule has 1 aliphatic heterocycles. The molecule has 0 aliphatic carbocycles. The largest absolute Gasteiger partial charge is 0.444 e. The van der Waals surface area contributed by atoms with E-state index in [0.29, 0.717) is 18.5 Å². The van der Waals surface area contributed by atoms with Gasteiger partial charge >= 0.3 is 6.09 Å². The maximum Gasteiger partial charge on any atom is 0.407 e. The molecule has 0 aromatic heterocycles. The first-order valence-electron chi connectivity index (χ1n) is 7.19. The number of carbonyl (C=O) groups excluding carboxylic acids is 1. The summed E-state index contributed by atoms with van der Waals surface area (Å²) in [7, 11) is 0. The summed E-state index contributed by atoms with van der Waals surface area (Å²) in [6.45, 7) is 8.40. The van der Waals surface area contributed by atoms with E-state index in [1.54, 1.807) is 0 Å². The third-order valence-electron chi connectivity index (χ3n) is 3.47. The lowest BCUT2D eigenvalue weighted by Crippen LogP contribution is -2.34. The second-order valence-corrected chi connectivity index (χ2v) is 6.34. The molecule has 0 radical (unpaired) electrons. The SMILES string of the molecule is C[C@H]1Nc2ccccc2[C@H]1CCNC(=O)OC(C)(C)C. The van der Waals surface area contributed by atoms with Crippen LogP contribution in [0.25, 0.3) is 0 Å². The minimum atomic E-state index is -0.446. The summed E-state index contributed by atoms with van der Waals surface area (Å²) >= 11 is 0. The molecule has 20 heavy (non-hydrogen) atoms. The van der Waals surface area contributed by atoms with Crippen LogP contribution in [-0.4, -0.2) is 24.3 Å². The Morgan fingerprint density at radius 2 is 2.05 bits per heavy atom. The Morgan fingerprint density at radius 3 is 2.75 bits per heavy atom. The first-order chi connectivity index (χ1) is 9.37. The Hall–Kier alpha value is -1.71. The number of rotatable bonds is 3. The summed E-state index contributed by atoms with van der Waals surface area (Å²) in [5, 5.41) is 6.31. The zero-order chi connectivity index (χ0) is 14.8. The fourth-order valence-corrected chi connectivity index (χ4v) is 2.62. The van der Waals surface area contributed by atoms with Gasteiger partial charge in [-0.25, -0.2) is 4.79 Å². The molecule has 1 aromatic rings. The summed E-state index contributed by atoms with van der Waals surface area (Å²) in [5.74, 6) is 0.432. The summed E-state index contributed by atoms with van der Waals surface area (Å²) in [6, 6.07) is 8.76. The summed E-state index contributed by atoms with van der Waals surface area (Å²) < 4.78 is 5.23. The molecular formula is C16H24N2O2. The van der Waals surface area contributed by atoms with E-state index in [1.165, 1.54) is 11.3 Å². The van der Waals surface area contributed by atoms with Crippen molar-refractivity contribution in [2.75, 3.05) is 11.9 Å². The molecule has 110 valence electrons. The van der Waals surface area contributed by atoms with Crippen LogP contribution in [0.4, 0.5) is 10.5 Å². The predicted octanol–water partition coefficient (Wildman–Crippen LogP) is 3.50. The van der Waals surface area contributed by atoms with Crippen molar-refractivity contribution in [2.45, 2.75) is 51.7 Å². The number of fused-ring (bicyclic) bond motifs is 1. The number of anilines is 1. The van der Waals surface area contributed by atoms with Gasteiger partial charge in [0.15, 0.2) is 0 Å². The van der Waals surface area contributed by atoms with Crippen LogP contribution < -0.4 is 10.6 Å². The van der Waals surface area contributed by atoms with E-state index in [0.717, 1.165) is 6.42 Å². The van der Waals surface area contributed by atoms with Gasteiger partial charge < -0.3 is 15.4 Å². The molecule has 2 atom stereocenters. The maximum atomic E-state index is 11.6. The Bertz CT molecular complexity index is 480. The molecule has 2 N–H and O–H groups in total. The molecule has 2 rings (SSSR count). The van der Waals surface area contributed by atoms with Gasteiger partial charge in [-0.05, 0) is 45.7 Å². The Balaban J connectivity index is 1.84. The van der Waals surface area contributed by atoms with E-state index in [4.69, 9.17) is 4.74 Å². The second kappa shape index (κ2) is 5.73. The van der Waals surface area contributed by atoms with E-state index in [9.17, 15) is 4.79 Å². The minimum Gasteiger partial charge on any atom is -0.444 e. The number of nitrogens with one attached hydrogen (secondary N) is 2. The van der Waals surface area contributed by atoms with Gasteiger partial charge in [-0.1, -0.05) is 18.2 Å². The summed E-state index contributed by atoms with van der Waals surface area (Å²) in [6.07, 6.45) is 0.564. The molecular weight excluding hydrogens is 252 g/mol. The Labute approximate surface area is 120 Å². The third kappa shape index (κ3) is 3.65. The first-order valence-corrected chi connectivity index (χ1v) is 7.19. The highest BCUT2D eigenvalue weighted by Crippen LogP contribution is 2.37.